The Morgan fingerprint density at radius 3 is 2.65 bits per heavy atom. The average Bonchev–Trinajstić information content (AvgIpc) is 2.75. The van der Waals surface area contributed by atoms with E-state index in [4.69, 9.17) is 28.3 Å². The number of rotatable bonds is 2. The molecule has 3 N–H and O–H groups in total. The second kappa shape index (κ2) is 5.87. The van der Waals surface area contributed by atoms with Gasteiger partial charge in [0.05, 0.1) is 16.8 Å². The molecule has 1 aliphatic heterocycles. The van der Waals surface area contributed by atoms with Crippen molar-refractivity contribution in [1.82, 2.24) is 4.90 Å². The lowest BCUT2D eigenvalue weighted by molar-refractivity contribution is -0.141. The van der Waals surface area contributed by atoms with Crippen molar-refractivity contribution in [3.63, 3.8) is 0 Å². The van der Waals surface area contributed by atoms with Crippen LogP contribution in [0.1, 0.15) is 6.42 Å². The van der Waals surface area contributed by atoms with E-state index in [0.29, 0.717) is 10.7 Å². The van der Waals surface area contributed by atoms with Gasteiger partial charge < -0.3 is 20.4 Å². The largest absolute Gasteiger partial charge is 0.480 e. The smallest absolute Gasteiger partial charge is 0.326 e. The highest BCUT2D eigenvalue weighted by molar-refractivity contribution is 6.36. The summed E-state index contributed by atoms with van der Waals surface area (Å²) < 4.78 is 0. The number of hydrogen-bond acceptors (Lipinski definition) is 3. The Labute approximate surface area is 124 Å². The Morgan fingerprint density at radius 1 is 1.35 bits per heavy atom. The van der Waals surface area contributed by atoms with E-state index in [-0.39, 0.29) is 18.0 Å². The highest BCUT2D eigenvalue weighted by Gasteiger charge is 2.39. The zero-order valence-corrected chi connectivity index (χ0v) is 11.7. The van der Waals surface area contributed by atoms with Crippen molar-refractivity contribution in [2.24, 2.45) is 0 Å². The molecule has 0 radical (unpaired) electrons. The van der Waals surface area contributed by atoms with E-state index < -0.39 is 24.1 Å². The maximum absolute atomic E-state index is 12.1. The van der Waals surface area contributed by atoms with E-state index in [2.05, 4.69) is 5.32 Å². The van der Waals surface area contributed by atoms with E-state index in [0.717, 1.165) is 4.90 Å². The van der Waals surface area contributed by atoms with Gasteiger partial charge in [0.25, 0.3) is 0 Å². The molecule has 108 valence electrons. The molecule has 2 rings (SSSR count). The minimum Gasteiger partial charge on any atom is -0.480 e. The fourth-order valence-electron chi connectivity index (χ4n) is 2.05. The maximum atomic E-state index is 12.1. The van der Waals surface area contributed by atoms with Gasteiger partial charge in [0, 0.05) is 18.0 Å². The van der Waals surface area contributed by atoms with Gasteiger partial charge in [-0.25, -0.2) is 9.59 Å². The number of halogens is 2. The van der Waals surface area contributed by atoms with Gasteiger partial charge in [-0.2, -0.15) is 0 Å². The highest BCUT2D eigenvalue weighted by Crippen LogP contribution is 2.27. The Hall–Kier alpha value is -1.50. The van der Waals surface area contributed by atoms with E-state index in [1.54, 1.807) is 6.07 Å². The molecule has 2 amide bonds. The lowest BCUT2D eigenvalue weighted by Crippen LogP contribution is -2.43. The Balaban J connectivity index is 2.13. The van der Waals surface area contributed by atoms with Crippen molar-refractivity contribution >= 4 is 40.9 Å². The molecule has 1 heterocycles. The van der Waals surface area contributed by atoms with Crippen LogP contribution in [0.15, 0.2) is 18.2 Å². The topological polar surface area (TPSA) is 89.9 Å². The SMILES string of the molecule is O=C(O)[C@@H]1C[C@H](O)CN1C(=O)Nc1ccc(Cl)cc1Cl. The summed E-state index contributed by atoms with van der Waals surface area (Å²) in [6, 6.07) is 2.86. The van der Waals surface area contributed by atoms with Gasteiger partial charge in [-0.05, 0) is 18.2 Å². The molecular formula is C12H12Cl2N2O4. The number of carboxylic acid groups (broad SMARTS) is 1. The third-order valence-electron chi connectivity index (χ3n) is 3.00. The summed E-state index contributed by atoms with van der Waals surface area (Å²) in [5.74, 6) is -1.15. The minimum atomic E-state index is -1.15. The second-order valence-corrected chi connectivity index (χ2v) is 5.29. The predicted molar refractivity (Wildman–Crippen MR) is 74.2 cm³/mol. The summed E-state index contributed by atoms with van der Waals surface area (Å²) >= 11 is 11.7. The molecule has 0 spiro atoms. The predicted octanol–water partition coefficient (Wildman–Crippen LogP) is 2.05. The van der Waals surface area contributed by atoms with Gasteiger partial charge >= 0.3 is 12.0 Å². The van der Waals surface area contributed by atoms with E-state index in [1.165, 1.54) is 12.1 Å². The standard InChI is InChI=1S/C12H12Cl2N2O4/c13-6-1-2-9(8(14)3-6)15-12(20)16-5-7(17)4-10(16)11(18)19/h1-3,7,10,17H,4-5H2,(H,15,20)(H,18,19)/t7-,10-/m0/s1. The summed E-state index contributed by atoms with van der Waals surface area (Å²) in [4.78, 5) is 24.2. The summed E-state index contributed by atoms with van der Waals surface area (Å²) in [5.41, 5.74) is 0.326. The van der Waals surface area contributed by atoms with Crippen molar-refractivity contribution in [2.75, 3.05) is 11.9 Å². The number of carbonyl (C=O) groups is 2. The average molecular weight is 319 g/mol. The van der Waals surface area contributed by atoms with Crippen LogP contribution in [0.3, 0.4) is 0 Å². The Bertz CT molecular complexity index is 552. The number of nitrogens with one attached hydrogen (secondary N) is 1. The lowest BCUT2D eigenvalue weighted by atomic mass is 10.2. The number of benzene rings is 1. The molecule has 6 nitrogen and oxygen atoms in total. The first-order valence-corrected chi connectivity index (χ1v) is 6.57. The molecule has 1 aliphatic rings. The summed E-state index contributed by atoms with van der Waals surface area (Å²) in [7, 11) is 0. The van der Waals surface area contributed by atoms with E-state index >= 15 is 0 Å². The summed E-state index contributed by atoms with van der Waals surface area (Å²) in [6.07, 6.45) is -0.834. The molecule has 0 aromatic heterocycles. The van der Waals surface area contributed by atoms with Crippen LogP contribution < -0.4 is 5.32 Å². The number of amides is 2. The first-order chi connectivity index (χ1) is 9.38. The quantitative estimate of drug-likeness (QED) is 0.778. The van der Waals surface area contributed by atoms with E-state index in [9.17, 15) is 14.7 Å². The molecule has 1 saturated heterocycles. The van der Waals surface area contributed by atoms with Crippen molar-refractivity contribution in [2.45, 2.75) is 18.6 Å². The number of aliphatic hydroxyl groups excluding tert-OH is 1. The van der Waals surface area contributed by atoms with Gasteiger partial charge in [-0.1, -0.05) is 23.2 Å². The van der Waals surface area contributed by atoms with Crippen LogP contribution >= 0.6 is 23.2 Å². The zero-order chi connectivity index (χ0) is 14.9. The number of urea groups is 1. The Morgan fingerprint density at radius 2 is 2.05 bits per heavy atom. The highest BCUT2D eigenvalue weighted by atomic mass is 35.5. The number of β-amino-alcohol motifs (C(OH)–C–C–N with tert-alkyl or cyclic N) is 1. The number of carboxylic acids is 1. The van der Waals surface area contributed by atoms with Crippen LogP contribution in [-0.2, 0) is 4.79 Å². The van der Waals surface area contributed by atoms with E-state index in [1.807, 2.05) is 0 Å². The minimum absolute atomic E-state index is 0.0110. The molecule has 1 fully saturated rings. The molecular weight excluding hydrogens is 307 g/mol. The van der Waals surface area contributed by atoms with Gasteiger partial charge in [0.15, 0.2) is 0 Å². The van der Waals surface area contributed by atoms with Crippen molar-refractivity contribution in [1.29, 1.82) is 0 Å². The molecule has 0 saturated carbocycles. The van der Waals surface area contributed by atoms with Gasteiger partial charge in [0.1, 0.15) is 6.04 Å². The molecule has 0 unspecified atom stereocenters. The maximum Gasteiger partial charge on any atom is 0.326 e. The first kappa shape index (κ1) is 14.9. The molecule has 1 aromatic carbocycles. The fourth-order valence-corrected chi connectivity index (χ4v) is 2.51. The second-order valence-electron chi connectivity index (χ2n) is 4.45. The molecule has 0 bridgehead atoms. The van der Waals surface area contributed by atoms with Crippen LogP contribution in [0.5, 0.6) is 0 Å². The van der Waals surface area contributed by atoms with Crippen LogP contribution in [0, 0.1) is 0 Å². The van der Waals surface area contributed by atoms with Crippen molar-refractivity contribution < 1.29 is 19.8 Å². The Kier molecular flexibility index (Phi) is 4.37. The monoisotopic (exact) mass is 318 g/mol. The van der Waals surface area contributed by atoms with Gasteiger partial charge in [0.2, 0.25) is 0 Å². The molecule has 20 heavy (non-hydrogen) atoms. The first-order valence-electron chi connectivity index (χ1n) is 5.82. The van der Waals surface area contributed by atoms with Crippen LogP contribution in [-0.4, -0.2) is 45.8 Å². The molecule has 8 heteroatoms. The number of nitrogens with zero attached hydrogens (tertiary/aromatic N) is 1. The molecule has 1 aromatic rings. The van der Waals surface area contributed by atoms with Gasteiger partial charge in [-0.3, -0.25) is 0 Å². The lowest BCUT2D eigenvalue weighted by Gasteiger charge is -2.21. The number of aliphatic hydroxyl groups is 1. The summed E-state index contributed by atoms with van der Waals surface area (Å²) in [5, 5.41) is 21.7. The van der Waals surface area contributed by atoms with Crippen LogP contribution in [0.2, 0.25) is 10.0 Å². The number of likely N-dealkylation sites (tertiary alicyclic amines) is 1. The fraction of sp³-hybridized carbons (Fsp3) is 0.333. The third-order valence-corrected chi connectivity index (χ3v) is 3.55. The van der Waals surface area contributed by atoms with Crippen molar-refractivity contribution in [3.05, 3.63) is 28.2 Å². The summed E-state index contributed by atoms with van der Waals surface area (Å²) in [6.45, 7) is -0.0337. The number of anilines is 1. The number of aliphatic carboxylic acids is 1. The molecule has 2 atom stereocenters. The normalized spacial score (nSPS) is 21.9. The van der Waals surface area contributed by atoms with Crippen LogP contribution in [0.25, 0.3) is 0 Å². The van der Waals surface area contributed by atoms with Gasteiger partial charge in [-0.15, -0.1) is 0 Å². The molecule has 0 aliphatic carbocycles. The number of carbonyl (C=O) groups excluding carboxylic acids is 1. The van der Waals surface area contributed by atoms with Crippen LogP contribution in [0.4, 0.5) is 10.5 Å². The zero-order valence-electron chi connectivity index (χ0n) is 10.2. The van der Waals surface area contributed by atoms with Crippen molar-refractivity contribution in [3.8, 4) is 0 Å². The number of hydrogen-bond donors (Lipinski definition) is 3. The third kappa shape index (κ3) is 3.15.